The Morgan fingerprint density at radius 3 is 2.44 bits per heavy atom. The number of piperidine rings is 1. The molecule has 0 aromatic heterocycles. The number of non-ortho nitro benzene ring substituents is 1. The van der Waals surface area contributed by atoms with Gasteiger partial charge in [0.1, 0.15) is 0 Å². The number of nitrogen functional groups attached to an aromatic ring is 1. The third kappa shape index (κ3) is 2.72. The van der Waals surface area contributed by atoms with Crippen LogP contribution in [0.2, 0.25) is 0 Å². The zero-order valence-corrected chi connectivity index (χ0v) is 10.8. The zero-order valence-electron chi connectivity index (χ0n) is 10.8. The molecule has 1 saturated heterocycles. The van der Waals surface area contributed by atoms with Crippen LogP contribution in [0.5, 0.6) is 0 Å². The van der Waals surface area contributed by atoms with Gasteiger partial charge in [0.05, 0.1) is 4.92 Å². The Morgan fingerprint density at radius 1 is 1.28 bits per heavy atom. The van der Waals surface area contributed by atoms with Crippen molar-refractivity contribution in [3.63, 3.8) is 0 Å². The van der Waals surface area contributed by atoms with Crippen molar-refractivity contribution in [2.75, 3.05) is 23.7 Å². The Labute approximate surface area is 107 Å². The van der Waals surface area contributed by atoms with E-state index in [1.165, 1.54) is 12.5 Å². The molecule has 2 unspecified atom stereocenters. The second-order valence-corrected chi connectivity index (χ2v) is 5.39. The van der Waals surface area contributed by atoms with Crippen molar-refractivity contribution in [3.8, 4) is 0 Å². The van der Waals surface area contributed by atoms with Crippen LogP contribution in [0.1, 0.15) is 20.3 Å². The quantitative estimate of drug-likeness (QED) is 0.497. The minimum Gasteiger partial charge on any atom is -0.398 e. The van der Waals surface area contributed by atoms with E-state index in [4.69, 9.17) is 5.73 Å². The lowest BCUT2D eigenvalue weighted by atomic mass is 9.91. The van der Waals surface area contributed by atoms with Gasteiger partial charge in [0.2, 0.25) is 0 Å². The maximum Gasteiger partial charge on any atom is 0.273 e. The SMILES string of the molecule is CC1CC(C)CN(c2cc(N)cc([N+](=O)[O-])c2)C1. The standard InChI is InChI=1S/C13H19N3O2/c1-9-3-10(2)8-15(7-9)12-4-11(14)5-13(6-12)16(17)18/h4-6,9-10H,3,7-8,14H2,1-2H3. The average molecular weight is 249 g/mol. The third-order valence-electron chi connectivity index (χ3n) is 3.37. The fraction of sp³-hybridized carbons (Fsp3) is 0.538. The first-order valence-corrected chi connectivity index (χ1v) is 6.25. The lowest BCUT2D eigenvalue weighted by Crippen LogP contribution is -2.38. The van der Waals surface area contributed by atoms with E-state index in [1.807, 2.05) is 6.07 Å². The summed E-state index contributed by atoms with van der Waals surface area (Å²) in [5.74, 6) is 1.21. The molecule has 0 aliphatic carbocycles. The van der Waals surface area contributed by atoms with E-state index in [-0.39, 0.29) is 5.69 Å². The maximum absolute atomic E-state index is 10.8. The molecule has 2 N–H and O–H groups in total. The predicted molar refractivity (Wildman–Crippen MR) is 72.7 cm³/mol. The summed E-state index contributed by atoms with van der Waals surface area (Å²) in [5.41, 5.74) is 7.12. The molecule has 1 heterocycles. The van der Waals surface area contributed by atoms with Crippen LogP contribution in [0, 0.1) is 22.0 Å². The van der Waals surface area contributed by atoms with Crippen molar-refractivity contribution >= 4 is 17.1 Å². The van der Waals surface area contributed by atoms with Crippen LogP contribution in [-0.2, 0) is 0 Å². The van der Waals surface area contributed by atoms with Gasteiger partial charge < -0.3 is 10.6 Å². The number of nitrogens with two attached hydrogens (primary N) is 1. The molecule has 1 aliphatic heterocycles. The highest BCUT2D eigenvalue weighted by atomic mass is 16.6. The number of benzene rings is 1. The third-order valence-corrected chi connectivity index (χ3v) is 3.37. The van der Waals surface area contributed by atoms with Crippen molar-refractivity contribution in [2.45, 2.75) is 20.3 Å². The molecule has 5 nitrogen and oxygen atoms in total. The smallest absolute Gasteiger partial charge is 0.273 e. The monoisotopic (exact) mass is 249 g/mol. The second-order valence-electron chi connectivity index (χ2n) is 5.39. The minimum absolute atomic E-state index is 0.0656. The molecule has 1 fully saturated rings. The fourth-order valence-electron chi connectivity index (χ4n) is 2.78. The summed E-state index contributed by atoms with van der Waals surface area (Å²) in [6.45, 7) is 6.29. The van der Waals surface area contributed by atoms with E-state index in [1.54, 1.807) is 6.07 Å². The summed E-state index contributed by atoms with van der Waals surface area (Å²) < 4.78 is 0. The van der Waals surface area contributed by atoms with Crippen LogP contribution >= 0.6 is 0 Å². The van der Waals surface area contributed by atoms with E-state index in [9.17, 15) is 10.1 Å². The topological polar surface area (TPSA) is 72.4 Å². The summed E-state index contributed by atoms with van der Waals surface area (Å²) in [6.07, 6.45) is 1.21. The van der Waals surface area contributed by atoms with E-state index >= 15 is 0 Å². The lowest BCUT2D eigenvalue weighted by molar-refractivity contribution is -0.384. The molecule has 0 radical (unpaired) electrons. The van der Waals surface area contributed by atoms with Gasteiger partial charge >= 0.3 is 0 Å². The molecule has 1 aliphatic rings. The summed E-state index contributed by atoms with van der Waals surface area (Å²) in [5, 5.41) is 10.8. The van der Waals surface area contributed by atoms with E-state index < -0.39 is 4.92 Å². The normalized spacial score (nSPS) is 24.0. The number of nitro groups is 1. The number of nitrogens with zero attached hydrogens (tertiary/aromatic N) is 2. The van der Waals surface area contributed by atoms with Gasteiger partial charge in [-0.15, -0.1) is 0 Å². The van der Waals surface area contributed by atoms with Crippen molar-refractivity contribution in [3.05, 3.63) is 28.3 Å². The molecule has 2 rings (SSSR count). The van der Waals surface area contributed by atoms with Gasteiger partial charge in [0, 0.05) is 36.6 Å². The maximum atomic E-state index is 10.8. The number of anilines is 2. The van der Waals surface area contributed by atoms with Crippen LogP contribution in [0.3, 0.4) is 0 Å². The Balaban J connectivity index is 2.29. The van der Waals surface area contributed by atoms with Gasteiger partial charge in [-0.3, -0.25) is 10.1 Å². The first-order valence-electron chi connectivity index (χ1n) is 6.25. The molecule has 0 spiro atoms. The van der Waals surface area contributed by atoms with Crippen LogP contribution < -0.4 is 10.6 Å². The average Bonchev–Trinajstić information content (AvgIpc) is 2.26. The van der Waals surface area contributed by atoms with Gasteiger partial charge in [-0.05, 0) is 24.3 Å². The van der Waals surface area contributed by atoms with E-state index in [0.717, 1.165) is 18.8 Å². The Kier molecular flexibility index (Phi) is 3.41. The highest BCUT2D eigenvalue weighted by Gasteiger charge is 2.23. The number of rotatable bonds is 2. The van der Waals surface area contributed by atoms with Gasteiger partial charge in [0.25, 0.3) is 5.69 Å². The molecule has 0 amide bonds. The molecule has 1 aromatic carbocycles. The first kappa shape index (κ1) is 12.7. The van der Waals surface area contributed by atoms with Gasteiger partial charge in [0.15, 0.2) is 0 Å². The van der Waals surface area contributed by atoms with Crippen molar-refractivity contribution in [2.24, 2.45) is 11.8 Å². The highest BCUT2D eigenvalue weighted by molar-refractivity contribution is 5.63. The summed E-state index contributed by atoms with van der Waals surface area (Å²) in [4.78, 5) is 12.7. The van der Waals surface area contributed by atoms with Gasteiger partial charge in [-0.2, -0.15) is 0 Å². The number of hydrogen-bond acceptors (Lipinski definition) is 4. The van der Waals surface area contributed by atoms with Crippen LogP contribution in [0.25, 0.3) is 0 Å². The van der Waals surface area contributed by atoms with Crippen LogP contribution in [-0.4, -0.2) is 18.0 Å². The van der Waals surface area contributed by atoms with Gasteiger partial charge in [-0.25, -0.2) is 0 Å². The first-order chi connectivity index (χ1) is 8.45. The Bertz CT molecular complexity index is 452. The predicted octanol–water partition coefficient (Wildman–Crippen LogP) is 2.66. The summed E-state index contributed by atoms with van der Waals surface area (Å²) in [7, 11) is 0. The van der Waals surface area contributed by atoms with Crippen molar-refractivity contribution in [1.29, 1.82) is 0 Å². The molecule has 0 saturated carbocycles. The second kappa shape index (κ2) is 4.84. The van der Waals surface area contributed by atoms with Crippen LogP contribution in [0.15, 0.2) is 18.2 Å². The summed E-state index contributed by atoms with van der Waals surface area (Å²) >= 11 is 0. The van der Waals surface area contributed by atoms with E-state index in [2.05, 4.69) is 18.7 Å². The zero-order chi connectivity index (χ0) is 13.3. The molecular weight excluding hydrogens is 230 g/mol. The van der Waals surface area contributed by atoms with Crippen molar-refractivity contribution < 1.29 is 4.92 Å². The molecule has 0 bridgehead atoms. The minimum atomic E-state index is -0.392. The molecule has 1 aromatic rings. The van der Waals surface area contributed by atoms with Crippen LogP contribution in [0.4, 0.5) is 17.1 Å². The molecule has 2 atom stereocenters. The van der Waals surface area contributed by atoms with Crippen molar-refractivity contribution in [1.82, 2.24) is 0 Å². The Hall–Kier alpha value is -1.78. The lowest BCUT2D eigenvalue weighted by Gasteiger charge is -2.36. The highest BCUT2D eigenvalue weighted by Crippen LogP contribution is 2.30. The fourth-order valence-corrected chi connectivity index (χ4v) is 2.78. The number of hydrogen-bond donors (Lipinski definition) is 1. The summed E-state index contributed by atoms with van der Waals surface area (Å²) in [6, 6.07) is 4.83. The molecule has 5 heteroatoms. The van der Waals surface area contributed by atoms with Gasteiger partial charge in [-0.1, -0.05) is 13.8 Å². The molecule has 18 heavy (non-hydrogen) atoms. The molecular formula is C13H19N3O2. The number of nitro benzene ring substituents is 1. The largest absolute Gasteiger partial charge is 0.398 e. The molecule has 98 valence electrons. The Morgan fingerprint density at radius 2 is 1.89 bits per heavy atom. The van der Waals surface area contributed by atoms with E-state index in [0.29, 0.717) is 17.5 Å².